The van der Waals surface area contributed by atoms with Crippen molar-refractivity contribution in [3.63, 3.8) is 0 Å². The molecule has 0 saturated carbocycles. The first-order chi connectivity index (χ1) is 13.4. The van der Waals surface area contributed by atoms with Crippen LogP contribution >= 0.6 is 0 Å². The summed E-state index contributed by atoms with van der Waals surface area (Å²) in [6, 6.07) is 15.0. The summed E-state index contributed by atoms with van der Waals surface area (Å²) in [5.74, 6) is -0.453. The fourth-order valence-corrected chi connectivity index (χ4v) is 3.05. The van der Waals surface area contributed by atoms with Crippen molar-refractivity contribution in [3.05, 3.63) is 71.1 Å². The van der Waals surface area contributed by atoms with Gasteiger partial charge in [0, 0.05) is 30.5 Å². The third kappa shape index (κ3) is 7.85. The van der Waals surface area contributed by atoms with Gasteiger partial charge in [-0.25, -0.2) is 13.1 Å². The summed E-state index contributed by atoms with van der Waals surface area (Å²) >= 11 is 0. The summed E-state index contributed by atoms with van der Waals surface area (Å²) in [6.07, 6.45) is 1.35. The predicted octanol–water partition coefficient (Wildman–Crippen LogP) is 2.88. The van der Waals surface area contributed by atoms with Crippen molar-refractivity contribution < 1.29 is 26.7 Å². The summed E-state index contributed by atoms with van der Waals surface area (Å²) in [6.45, 7) is -3.07. The Bertz CT molecular complexity index is 903. The third-order valence-electron chi connectivity index (χ3n) is 3.56. The highest BCUT2D eigenvalue weighted by molar-refractivity contribution is 7.92. The molecule has 0 saturated heterocycles. The molecule has 0 atom stereocenters. The lowest BCUT2D eigenvalue weighted by Gasteiger charge is -2.11. The van der Waals surface area contributed by atoms with Crippen molar-refractivity contribution >= 4 is 22.0 Å². The standard InChI is InChI=1S/C19H20F2N2O4S/c20-19(21)27-17-9-5-4-8-16(17)14-22-18(24)10-12-23-28(25,26)13-11-15-6-2-1-3-7-15/h1-9,11,13,19,23H,10,12,14H2,(H,22,24)/b13-11+. The zero-order chi connectivity index (χ0) is 20.4. The van der Waals surface area contributed by atoms with Crippen LogP contribution in [0.5, 0.6) is 5.75 Å². The minimum Gasteiger partial charge on any atom is -0.434 e. The Hall–Kier alpha value is -2.78. The van der Waals surface area contributed by atoms with E-state index in [1.807, 2.05) is 6.07 Å². The fraction of sp³-hybridized carbons (Fsp3) is 0.211. The van der Waals surface area contributed by atoms with E-state index in [1.165, 1.54) is 12.1 Å². The fourth-order valence-electron chi connectivity index (χ4n) is 2.23. The number of benzene rings is 2. The van der Waals surface area contributed by atoms with E-state index < -0.39 is 22.5 Å². The molecule has 28 heavy (non-hydrogen) atoms. The molecule has 0 radical (unpaired) electrons. The number of sulfonamides is 1. The molecule has 0 heterocycles. The number of para-hydroxylation sites is 1. The van der Waals surface area contributed by atoms with Crippen molar-refractivity contribution in [2.75, 3.05) is 6.54 Å². The van der Waals surface area contributed by atoms with Crippen molar-refractivity contribution in [1.29, 1.82) is 0 Å². The van der Waals surface area contributed by atoms with Crippen LogP contribution in [0.15, 0.2) is 60.0 Å². The van der Waals surface area contributed by atoms with Gasteiger partial charge in [0.05, 0.1) is 0 Å². The molecule has 0 fully saturated rings. The van der Waals surface area contributed by atoms with Crippen LogP contribution in [0.1, 0.15) is 17.5 Å². The average molecular weight is 410 g/mol. The predicted molar refractivity (Wildman–Crippen MR) is 102 cm³/mol. The number of carbonyl (C=O) groups excluding carboxylic acids is 1. The van der Waals surface area contributed by atoms with Crippen LogP contribution in [-0.4, -0.2) is 27.5 Å². The van der Waals surface area contributed by atoms with Crippen LogP contribution in [0.2, 0.25) is 0 Å². The van der Waals surface area contributed by atoms with Gasteiger partial charge in [-0.05, 0) is 17.7 Å². The maximum absolute atomic E-state index is 12.4. The Labute approximate surface area is 162 Å². The highest BCUT2D eigenvalue weighted by Crippen LogP contribution is 2.19. The molecule has 0 aromatic heterocycles. The maximum atomic E-state index is 12.4. The second kappa shape index (κ2) is 10.5. The molecule has 2 aromatic carbocycles. The number of rotatable bonds is 10. The lowest BCUT2D eigenvalue weighted by atomic mass is 10.2. The lowest BCUT2D eigenvalue weighted by molar-refractivity contribution is -0.121. The van der Waals surface area contributed by atoms with Crippen LogP contribution in [-0.2, 0) is 21.4 Å². The molecule has 150 valence electrons. The summed E-state index contributed by atoms with van der Waals surface area (Å²) in [4.78, 5) is 11.9. The molecule has 0 spiro atoms. The molecule has 2 aromatic rings. The Kier molecular flexibility index (Phi) is 8.09. The first kappa shape index (κ1) is 21.5. The first-order valence-corrected chi connectivity index (χ1v) is 9.92. The molecular weight excluding hydrogens is 390 g/mol. The molecule has 0 bridgehead atoms. The van der Waals surface area contributed by atoms with E-state index in [1.54, 1.807) is 42.5 Å². The molecule has 1 amide bonds. The van der Waals surface area contributed by atoms with Crippen molar-refractivity contribution in [2.45, 2.75) is 19.6 Å². The molecule has 2 N–H and O–H groups in total. The number of ether oxygens (including phenoxy) is 1. The summed E-state index contributed by atoms with van der Waals surface area (Å²) in [5, 5.41) is 3.57. The van der Waals surface area contributed by atoms with Crippen molar-refractivity contribution in [2.24, 2.45) is 0 Å². The van der Waals surface area contributed by atoms with E-state index >= 15 is 0 Å². The number of alkyl halides is 2. The summed E-state index contributed by atoms with van der Waals surface area (Å²) in [7, 11) is -3.68. The van der Waals surface area contributed by atoms with Crippen LogP contribution in [0.25, 0.3) is 6.08 Å². The smallest absolute Gasteiger partial charge is 0.387 e. The van der Waals surface area contributed by atoms with E-state index in [4.69, 9.17) is 0 Å². The van der Waals surface area contributed by atoms with E-state index in [0.717, 1.165) is 11.0 Å². The third-order valence-corrected chi connectivity index (χ3v) is 4.66. The topological polar surface area (TPSA) is 84.5 Å². The number of hydrogen-bond acceptors (Lipinski definition) is 4. The summed E-state index contributed by atoms with van der Waals surface area (Å²) in [5.41, 5.74) is 1.12. The number of amides is 1. The Morgan fingerprint density at radius 2 is 1.75 bits per heavy atom. The molecule has 0 unspecified atom stereocenters. The van der Waals surface area contributed by atoms with Crippen LogP contribution in [0, 0.1) is 0 Å². The molecule has 0 aliphatic rings. The normalized spacial score (nSPS) is 11.7. The highest BCUT2D eigenvalue weighted by atomic mass is 32.2. The Balaban J connectivity index is 1.78. The number of carbonyl (C=O) groups is 1. The number of hydrogen-bond donors (Lipinski definition) is 2. The summed E-state index contributed by atoms with van der Waals surface area (Å²) < 4.78 is 55.2. The highest BCUT2D eigenvalue weighted by Gasteiger charge is 2.11. The average Bonchev–Trinajstić information content (AvgIpc) is 2.66. The van der Waals surface area contributed by atoms with Gasteiger partial charge in [-0.3, -0.25) is 4.79 Å². The maximum Gasteiger partial charge on any atom is 0.387 e. The SMILES string of the molecule is O=C(CCNS(=O)(=O)/C=C/c1ccccc1)NCc1ccccc1OC(F)F. The van der Waals surface area contributed by atoms with Crippen LogP contribution in [0.3, 0.4) is 0 Å². The Morgan fingerprint density at radius 3 is 2.46 bits per heavy atom. The van der Waals surface area contributed by atoms with Gasteiger partial charge in [-0.15, -0.1) is 0 Å². The molecule has 2 rings (SSSR count). The van der Waals surface area contributed by atoms with E-state index in [0.29, 0.717) is 5.56 Å². The zero-order valence-electron chi connectivity index (χ0n) is 14.8. The van der Waals surface area contributed by atoms with Crippen molar-refractivity contribution in [1.82, 2.24) is 10.0 Å². The quantitative estimate of drug-likeness (QED) is 0.631. The minimum absolute atomic E-state index is 0.0115. The molecular formula is C19H20F2N2O4S. The molecule has 6 nitrogen and oxygen atoms in total. The monoisotopic (exact) mass is 410 g/mol. The number of nitrogens with one attached hydrogen (secondary N) is 2. The second-order valence-corrected chi connectivity index (χ2v) is 7.32. The second-order valence-electron chi connectivity index (χ2n) is 5.67. The Morgan fingerprint density at radius 1 is 1.07 bits per heavy atom. The first-order valence-electron chi connectivity index (χ1n) is 8.38. The largest absolute Gasteiger partial charge is 0.434 e. The van der Waals surface area contributed by atoms with Gasteiger partial charge in [0.15, 0.2) is 0 Å². The van der Waals surface area contributed by atoms with Gasteiger partial charge in [0.1, 0.15) is 5.75 Å². The molecule has 9 heteroatoms. The van der Waals surface area contributed by atoms with Gasteiger partial charge in [-0.1, -0.05) is 48.5 Å². The van der Waals surface area contributed by atoms with E-state index in [9.17, 15) is 22.0 Å². The minimum atomic E-state index is -3.68. The van der Waals surface area contributed by atoms with Gasteiger partial charge in [0.2, 0.25) is 15.9 Å². The van der Waals surface area contributed by atoms with Crippen LogP contribution in [0.4, 0.5) is 8.78 Å². The van der Waals surface area contributed by atoms with Gasteiger partial charge < -0.3 is 10.1 Å². The molecule has 0 aliphatic carbocycles. The van der Waals surface area contributed by atoms with E-state index in [2.05, 4.69) is 14.8 Å². The van der Waals surface area contributed by atoms with Crippen molar-refractivity contribution in [3.8, 4) is 5.75 Å². The van der Waals surface area contributed by atoms with Gasteiger partial charge >= 0.3 is 6.61 Å². The molecule has 0 aliphatic heterocycles. The van der Waals surface area contributed by atoms with Gasteiger partial charge in [-0.2, -0.15) is 8.78 Å². The number of halogens is 2. The van der Waals surface area contributed by atoms with Crippen LogP contribution < -0.4 is 14.8 Å². The van der Waals surface area contributed by atoms with Gasteiger partial charge in [0.25, 0.3) is 0 Å². The zero-order valence-corrected chi connectivity index (χ0v) is 15.7. The van der Waals surface area contributed by atoms with E-state index in [-0.39, 0.29) is 25.3 Å². The lowest BCUT2D eigenvalue weighted by Crippen LogP contribution is -2.29.